The van der Waals surface area contributed by atoms with Crippen molar-refractivity contribution in [2.75, 3.05) is 0 Å². The number of hydrogen-bond acceptors (Lipinski definition) is 2. The molecule has 0 aromatic heterocycles. The SMILES string of the molecule is C=C(N)/C=C(F)\C(N)=C(/C)F. The Morgan fingerprint density at radius 3 is 2.09 bits per heavy atom. The topological polar surface area (TPSA) is 52.0 Å². The summed E-state index contributed by atoms with van der Waals surface area (Å²) in [6, 6.07) is 0. The average molecular weight is 160 g/mol. The summed E-state index contributed by atoms with van der Waals surface area (Å²) in [5, 5.41) is 0. The third-order valence-corrected chi connectivity index (χ3v) is 0.941. The zero-order valence-electron chi connectivity index (χ0n) is 6.20. The first kappa shape index (κ1) is 9.68. The van der Waals surface area contributed by atoms with Crippen molar-refractivity contribution >= 4 is 0 Å². The number of halogens is 2. The highest BCUT2D eigenvalue weighted by Gasteiger charge is 2.02. The molecular weight excluding hydrogens is 150 g/mol. The molecule has 0 amide bonds. The molecule has 0 fully saturated rings. The molecular formula is C7H10F2N2. The number of hydrogen-bond donors (Lipinski definition) is 2. The quantitative estimate of drug-likeness (QED) is 0.601. The maximum absolute atomic E-state index is 12.6. The molecule has 0 aliphatic rings. The van der Waals surface area contributed by atoms with Gasteiger partial charge in [0, 0.05) is 5.70 Å². The van der Waals surface area contributed by atoms with Crippen molar-refractivity contribution < 1.29 is 8.78 Å². The molecule has 4 heteroatoms. The molecule has 0 radical (unpaired) electrons. The lowest BCUT2D eigenvalue weighted by Crippen LogP contribution is -2.01. The van der Waals surface area contributed by atoms with Crippen LogP contribution < -0.4 is 11.5 Å². The molecule has 0 spiro atoms. The van der Waals surface area contributed by atoms with Crippen molar-refractivity contribution in [1.29, 1.82) is 0 Å². The Balaban J connectivity index is 4.63. The second-order valence-corrected chi connectivity index (χ2v) is 2.01. The Hall–Kier alpha value is -1.32. The lowest BCUT2D eigenvalue weighted by Gasteiger charge is -1.96. The average Bonchev–Trinajstić information content (AvgIpc) is 1.84. The van der Waals surface area contributed by atoms with E-state index in [0.717, 1.165) is 13.0 Å². The number of rotatable bonds is 2. The minimum absolute atomic E-state index is 0.00769. The molecule has 0 aliphatic heterocycles. The van der Waals surface area contributed by atoms with Crippen molar-refractivity contribution in [1.82, 2.24) is 0 Å². The summed E-state index contributed by atoms with van der Waals surface area (Å²) >= 11 is 0. The van der Waals surface area contributed by atoms with E-state index in [4.69, 9.17) is 11.5 Å². The van der Waals surface area contributed by atoms with Crippen LogP contribution in [0.3, 0.4) is 0 Å². The molecule has 11 heavy (non-hydrogen) atoms. The van der Waals surface area contributed by atoms with Gasteiger partial charge in [-0.1, -0.05) is 6.58 Å². The van der Waals surface area contributed by atoms with Gasteiger partial charge in [0.15, 0.2) is 5.83 Å². The highest BCUT2D eigenvalue weighted by molar-refractivity contribution is 5.29. The molecule has 0 aromatic rings. The maximum Gasteiger partial charge on any atom is 0.150 e. The first-order valence-corrected chi connectivity index (χ1v) is 2.89. The minimum Gasteiger partial charge on any atom is -0.399 e. The molecule has 0 aromatic carbocycles. The summed E-state index contributed by atoms with van der Waals surface area (Å²) in [4.78, 5) is 0. The zero-order chi connectivity index (χ0) is 9.02. The molecule has 0 bridgehead atoms. The molecule has 0 aliphatic carbocycles. The predicted molar refractivity (Wildman–Crippen MR) is 40.5 cm³/mol. The number of nitrogens with two attached hydrogens (primary N) is 2. The van der Waals surface area contributed by atoms with Gasteiger partial charge in [0.2, 0.25) is 0 Å². The Labute approximate surface area is 63.9 Å². The lowest BCUT2D eigenvalue weighted by atomic mass is 10.3. The first-order chi connectivity index (χ1) is 4.95. The molecule has 0 rings (SSSR count). The number of allylic oxidation sites excluding steroid dienone is 3. The van der Waals surface area contributed by atoms with Gasteiger partial charge in [-0.15, -0.1) is 0 Å². The van der Waals surface area contributed by atoms with Gasteiger partial charge in [0.1, 0.15) is 5.83 Å². The van der Waals surface area contributed by atoms with Crippen LogP contribution >= 0.6 is 0 Å². The fraction of sp³-hybridized carbons (Fsp3) is 0.143. The summed E-state index contributed by atoms with van der Waals surface area (Å²) in [7, 11) is 0. The third kappa shape index (κ3) is 3.40. The highest BCUT2D eigenvalue weighted by Crippen LogP contribution is 2.11. The van der Waals surface area contributed by atoms with E-state index in [0.29, 0.717) is 0 Å². The molecule has 0 heterocycles. The minimum atomic E-state index is -0.905. The van der Waals surface area contributed by atoms with Gasteiger partial charge in [-0.3, -0.25) is 0 Å². The van der Waals surface area contributed by atoms with Crippen molar-refractivity contribution in [3.05, 3.63) is 35.7 Å². The van der Waals surface area contributed by atoms with Gasteiger partial charge < -0.3 is 11.5 Å². The Morgan fingerprint density at radius 1 is 1.36 bits per heavy atom. The Kier molecular flexibility index (Phi) is 3.30. The van der Waals surface area contributed by atoms with Gasteiger partial charge in [-0.2, -0.15) is 0 Å². The highest BCUT2D eigenvalue weighted by atomic mass is 19.1. The molecule has 0 atom stereocenters. The van der Waals surface area contributed by atoms with Crippen LogP contribution in [0, 0.1) is 0 Å². The predicted octanol–water partition coefficient (Wildman–Crippen LogP) is 1.47. The normalized spacial score (nSPS) is 14.3. The van der Waals surface area contributed by atoms with Crippen LogP contribution in [0.25, 0.3) is 0 Å². The van der Waals surface area contributed by atoms with E-state index in [-0.39, 0.29) is 5.70 Å². The van der Waals surface area contributed by atoms with Gasteiger partial charge in [-0.05, 0) is 13.0 Å². The van der Waals surface area contributed by atoms with E-state index in [1.807, 2.05) is 0 Å². The van der Waals surface area contributed by atoms with E-state index in [2.05, 4.69) is 6.58 Å². The van der Waals surface area contributed by atoms with Crippen molar-refractivity contribution in [3.8, 4) is 0 Å². The van der Waals surface area contributed by atoms with E-state index >= 15 is 0 Å². The monoisotopic (exact) mass is 160 g/mol. The lowest BCUT2D eigenvalue weighted by molar-refractivity contribution is 0.591. The summed E-state index contributed by atoms with van der Waals surface area (Å²) < 4.78 is 24.8. The molecule has 62 valence electrons. The Bertz CT molecular complexity index is 225. The zero-order valence-corrected chi connectivity index (χ0v) is 6.20. The van der Waals surface area contributed by atoms with Gasteiger partial charge >= 0.3 is 0 Å². The molecule has 4 N–H and O–H groups in total. The molecule has 0 saturated carbocycles. The molecule has 0 unspecified atom stereocenters. The van der Waals surface area contributed by atoms with Crippen LogP contribution in [0.15, 0.2) is 35.7 Å². The fourth-order valence-electron chi connectivity index (χ4n) is 0.405. The van der Waals surface area contributed by atoms with Crippen molar-refractivity contribution in [2.24, 2.45) is 11.5 Å². The van der Waals surface area contributed by atoms with Crippen LogP contribution in [0.4, 0.5) is 8.78 Å². The Morgan fingerprint density at radius 2 is 1.82 bits per heavy atom. The third-order valence-electron chi connectivity index (χ3n) is 0.941. The summed E-state index contributed by atoms with van der Waals surface area (Å²) in [5.41, 5.74) is 9.44. The largest absolute Gasteiger partial charge is 0.399 e. The smallest absolute Gasteiger partial charge is 0.150 e. The van der Waals surface area contributed by atoms with Crippen molar-refractivity contribution in [2.45, 2.75) is 6.92 Å². The standard InChI is InChI=1S/C7H10F2N2/c1-4(10)3-6(9)7(11)5(2)8/h3H,1,10-11H2,2H3/b6-3+,7-5-. The van der Waals surface area contributed by atoms with E-state index in [9.17, 15) is 8.78 Å². The second-order valence-electron chi connectivity index (χ2n) is 2.01. The molecule has 0 saturated heterocycles. The maximum atomic E-state index is 12.6. The van der Waals surface area contributed by atoms with Crippen LogP contribution in [0.1, 0.15) is 6.92 Å². The molecule has 2 nitrogen and oxygen atoms in total. The van der Waals surface area contributed by atoms with Gasteiger partial charge in [0.25, 0.3) is 0 Å². The summed E-state index contributed by atoms with van der Waals surface area (Å²) in [6.07, 6.45) is 0.860. The van der Waals surface area contributed by atoms with Gasteiger partial charge in [0.05, 0.1) is 5.70 Å². The van der Waals surface area contributed by atoms with Crippen LogP contribution in [0.5, 0.6) is 0 Å². The van der Waals surface area contributed by atoms with Crippen LogP contribution in [0.2, 0.25) is 0 Å². The summed E-state index contributed by atoms with van der Waals surface area (Å²) in [5.74, 6) is -1.68. The van der Waals surface area contributed by atoms with E-state index < -0.39 is 17.4 Å². The second kappa shape index (κ2) is 3.75. The van der Waals surface area contributed by atoms with Gasteiger partial charge in [-0.25, -0.2) is 8.78 Å². The fourth-order valence-corrected chi connectivity index (χ4v) is 0.405. The van der Waals surface area contributed by atoms with E-state index in [1.54, 1.807) is 0 Å². The van der Waals surface area contributed by atoms with E-state index in [1.165, 1.54) is 0 Å². The van der Waals surface area contributed by atoms with Crippen molar-refractivity contribution in [3.63, 3.8) is 0 Å². The van der Waals surface area contributed by atoms with Crippen LogP contribution in [-0.4, -0.2) is 0 Å². The summed E-state index contributed by atoms with van der Waals surface area (Å²) in [6.45, 7) is 4.26. The van der Waals surface area contributed by atoms with Crippen LogP contribution in [-0.2, 0) is 0 Å². The first-order valence-electron chi connectivity index (χ1n) is 2.89.